The molecule has 1 aromatic carbocycles. The number of carbonyl (C=O) groups excluding carboxylic acids is 1. The Morgan fingerprint density at radius 3 is 2.87 bits per heavy atom. The molecule has 0 bridgehead atoms. The van der Waals surface area contributed by atoms with Crippen LogP contribution in [0.4, 0.5) is 0 Å². The lowest BCUT2D eigenvalue weighted by atomic mass is 9.96. The van der Waals surface area contributed by atoms with Crippen LogP contribution in [0.1, 0.15) is 58.2 Å². The lowest BCUT2D eigenvalue weighted by Crippen LogP contribution is -2.09. The Morgan fingerprint density at radius 2 is 2.22 bits per heavy atom. The molecule has 0 radical (unpaired) electrons. The quantitative estimate of drug-likeness (QED) is 0.409. The molecule has 4 nitrogen and oxygen atoms in total. The molecule has 2 aromatic rings. The maximum absolute atomic E-state index is 13.0. The zero-order valence-electron chi connectivity index (χ0n) is 12.5. The van der Waals surface area contributed by atoms with Crippen molar-refractivity contribution >= 4 is 33.4 Å². The fourth-order valence-electron chi connectivity index (χ4n) is 2.54. The summed E-state index contributed by atoms with van der Waals surface area (Å²) in [5.74, 6) is 0.830. The molecule has 1 atom stereocenters. The van der Waals surface area contributed by atoms with E-state index < -0.39 is 5.25 Å². The predicted molar refractivity (Wildman–Crippen MR) is 91.7 cm³/mol. The van der Waals surface area contributed by atoms with Crippen LogP contribution in [0.2, 0.25) is 0 Å². The normalized spacial score (nSPS) is 15.7. The van der Waals surface area contributed by atoms with E-state index in [0.29, 0.717) is 40.0 Å². The molecule has 6 heteroatoms. The molecule has 1 aromatic heterocycles. The molecule has 1 heterocycles. The molecule has 0 aliphatic heterocycles. The van der Waals surface area contributed by atoms with Gasteiger partial charge in [-0.15, -0.1) is 0 Å². The van der Waals surface area contributed by atoms with Crippen LogP contribution in [0.3, 0.4) is 0 Å². The van der Waals surface area contributed by atoms with E-state index in [-0.39, 0.29) is 5.78 Å². The number of aromatic nitrogens is 1. The summed E-state index contributed by atoms with van der Waals surface area (Å²) in [7, 11) is 0. The molecule has 0 amide bonds. The molecular weight excluding hydrogens is 378 g/mol. The van der Waals surface area contributed by atoms with Gasteiger partial charge >= 0.3 is 11.7 Å². The summed E-state index contributed by atoms with van der Waals surface area (Å²) >= 11 is 3.87. The number of allylic oxidation sites excluding steroid dienone is 1. The molecule has 0 saturated heterocycles. The molecule has 1 aliphatic rings. The van der Waals surface area contributed by atoms with Crippen LogP contribution >= 0.6 is 15.9 Å². The number of hydrogen-bond acceptors (Lipinski definition) is 4. The number of carbonyl (C=O) groups is 1. The Bertz CT molecular complexity index is 780. The molecule has 0 spiro atoms. The van der Waals surface area contributed by atoms with Crippen molar-refractivity contribution in [2.24, 2.45) is 0 Å². The van der Waals surface area contributed by atoms with Crippen molar-refractivity contribution in [3.63, 3.8) is 0 Å². The van der Waals surface area contributed by atoms with Crippen LogP contribution in [0.5, 0.6) is 0 Å². The minimum absolute atomic E-state index is 0.140. The number of ketones is 1. The van der Waals surface area contributed by atoms with Crippen molar-refractivity contribution in [3.8, 4) is 0 Å². The van der Waals surface area contributed by atoms with E-state index in [1.54, 1.807) is 12.1 Å². The number of nitrogens with zero attached hydrogens (tertiary/aromatic N) is 1. The third-order valence-electron chi connectivity index (χ3n) is 3.83. The highest BCUT2D eigenvalue weighted by Crippen LogP contribution is 2.42. The predicted octanol–water partition coefficient (Wildman–Crippen LogP) is 4.59. The van der Waals surface area contributed by atoms with Crippen molar-refractivity contribution in [1.29, 1.82) is 0 Å². The van der Waals surface area contributed by atoms with Gasteiger partial charge in [-0.3, -0.25) is 4.79 Å². The van der Waals surface area contributed by atoms with Crippen LogP contribution in [0.25, 0.3) is 0 Å². The van der Waals surface area contributed by atoms with Crippen molar-refractivity contribution in [3.05, 3.63) is 63.5 Å². The third kappa shape index (κ3) is 3.33. The smallest absolute Gasteiger partial charge is 0.360 e. The largest absolute Gasteiger partial charge is 0.471 e. The van der Waals surface area contributed by atoms with Gasteiger partial charge in [0.05, 0.1) is 11.8 Å². The van der Waals surface area contributed by atoms with Gasteiger partial charge in [-0.25, -0.2) is 0 Å². The van der Waals surface area contributed by atoms with Gasteiger partial charge in [-0.1, -0.05) is 27.2 Å². The van der Waals surface area contributed by atoms with Crippen LogP contribution in [-0.2, 0) is 15.9 Å². The Labute approximate surface area is 146 Å². The fourth-order valence-corrected chi connectivity index (χ4v) is 3.44. The number of hydrogen-bond donors (Lipinski definition) is 0. The molecule has 1 aliphatic carbocycles. The summed E-state index contributed by atoms with van der Waals surface area (Å²) in [6, 6.07) is 5.38. The van der Waals surface area contributed by atoms with Crippen LogP contribution in [0.15, 0.2) is 45.5 Å². The minimum Gasteiger partial charge on any atom is -0.360 e. The zero-order chi connectivity index (χ0) is 16.4. The van der Waals surface area contributed by atoms with Gasteiger partial charge < -0.3 is 4.52 Å². The highest BCUT2D eigenvalue weighted by Gasteiger charge is 2.34. The third-order valence-corrected chi connectivity index (χ3v) is 4.94. The first-order valence-electron chi connectivity index (χ1n) is 7.35. The first kappa shape index (κ1) is 16.2. The molecule has 118 valence electrons. The van der Waals surface area contributed by atoms with E-state index in [1.807, 2.05) is 25.1 Å². The standard InChI is InChI=1S/C17H15BrNO3S/c1-2-3-15(23-21)13-8-11(18)6-7-12(13)16(20)14-9-19-22-17(14)10-4-5-10/h2-3,6-10,15H,4-5H2,1H3/q+1. The summed E-state index contributed by atoms with van der Waals surface area (Å²) < 4.78 is 17.6. The summed E-state index contributed by atoms with van der Waals surface area (Å²) in [6.07, 6.45) is 7.16. The van der Waals surface area contributed by atoms with E-state index >= 15 is 0 Å². The van der Waals surface area contributed by atoms with Crippen LogP contribution in [-0.4, -0.2) is 10.9 Å². The van der Waals surface area contributed by atoms with Gasteiger partial charge in [0.15, 0.2) is 11.5 Å². The summed E-state index contributed by atoms with van der Waals surface area (Å²) in [5.41, 5.74) is 1.72. The van der Waals surface area contributed by atoms with Gasteiger partial charge in [0.1, 0.15) is 0 Å². The SMILES string of the molecule is CC=CC([S+]=O)c1cc(Br)ccc1C(=O)c1cnoc1C1CC1. The van der Waals surface area contributed by atoms with E-state index in [9.17, 15) is 9.00 Å². The molecule has 1 saturated carbocycles. The van der Waals surface area contributed by atoms with E-state index in [4.69, 9.17) is 4.52 Å². The summed E-state index contributed by atoms with van der Waals surface area (Å²) in [4.78, 5) is 13.0. The molecule has 1 unspecified atom stereocenters. The topological polar surface area (TPSA) is 60.2 Å². The second-order valence-corrected chi connectivity index (χ2v) is 7.10. The van der Waals surface area contributed by atoms with Crippen molar-refractivity contribution < 1.29 is 13.5 Å². The summed E-state index contributed by atoms with van der Waals surface area (Å²) in [5, 5.41) is 3.38. The highest BCUT2D eigenvalue weighted by molar-refractivity contribution is 9.10. The molecule has 3 rings (SSSR count). The van der Waals surface area contributed by atoms with Crippen LogP contribution < -0.4 is 0 Å². The van der Waals surface area contributed by atoms with E-state index in [1.165, 1.54) is 6.20 Å². The number of halogens is 1. The monoisotopic (exact) mass is 392 g/mol. The van der Waals surface area contributed by atoms with Gasteiger partial charge in [0.25, 0.3) is 5.25 Å². The Balaban J connectivity index is 2.06. The lowest BCUT2D eigenvalue weighted by molar-refractivity contribution is 0.103. The number of rotatable bonds is 6. The molecular formula is C17H15BrNO3S+. The van der Waals surface area contributed by atoms with Crippen molar-refractivity contribution in [2.45, 2.75) is 30.9 Å². The second-order valence-electron chi connectivity index (χ2n) is 5.48. The number of benzene rings is 1. The highest BCUT2D eigenvalue weighted by atomic mass is 79.9. The molecule has 0 N–H and O–H groups in total. The summed E-state index contributed by atoms with van der Waals surface area (Å²) in [6.45, 7) is 1.86. The van der Waals surface area contributed by atoms with Crippen molar-refractivity contribution in [2.75, 3.05) is 0 Å². The Hall–Kier alpha value is -1.66. The minimum atomic E-state index is -0.416. The van der Waals surface area contributed by atoms with Gasteiger partial charge in [0.2, 0.25) is 0 Å². The van der Waals surface area contributed by atoms with Crippen molar-refractivity contribution in [1.82, 2.24) is 5.16 Å². The average Bonchev–Trinajstić information content (AvgIpc) is 3.28. The molecule has 1 fully saturated rings. The maximum atomic E-state index is 13.0. The van der Waals surface area contributed by atoms with Crippen LogP contribution in [0, 0.1) is 0 Å². The van der Waals surface area contributed by atoms with Gasteiger partial charge in [-0.05, 0) is 44.0 Å². The van der Waals surface area contributed by atoms with E-state index in [2.05, 4.69) is 21.1 Å². The maximum Gasteiger partial charge on any atom is 0.471 e. The molecule has 23 heavy (non-hydrogen) atoms. The van der Waals surface area contributed by atoms with Gasteiger partial charge in [0, 0.05) is 25.7 Å². The second kappa shape index (κ2) is 6.84. The zero-order valence-corrected chi connectivity index (χ0v) is 14.9. The lowest BCUT2D eigenvalue weighted by Gasteiger charge is -2.07. The Morgan fingerprint density at radius 1 is 1.43 bits per heavy atom. The van der Waals surface area contributed by atoms with E-state index in [0.717, 1.165) is 17.3 Å². The van der Waals surface area contributed by atoms with Gasteiger partial charge in [-0.2, -0.15) is 0 Å². The Kier molecular flexibility index (Phi) is 4.82. The average molecular weight is 393 g/mol. The first-order valence-corrected chi connectivity index (χ1v) is 8.95. The first-order chi connectivity index (χ1) is 11.2. The fraction of sp³-hybridized carbons (Fsp3) is 0.294.